The van der Waals surface area contributed by atoms with E-state index in [0.29, 0.717) is 23.2 Å². The number of para-hydroxylation sites is 1. The Balaban J connectivity index is 0.793. The zero-order valence-electron chi connectivity index (χ0n) is 40.0. The van der Waals surface area contributed by atoms with E-state index in [1.54, 1.807) is 0 Å². The molecule has 342 valence electrons. The Labute approximate surface area is 429 Å². The van der Waals surface area contributed by atoms with Crippen LogP contribution in [-0.2, 0) is 0 Å². The molecule has 0 fully saturated rings. The summed E-state index contributed by atoms with van der Waals surface area (Å²) >= 11 is 0. The SMILES string of the molecule is [C-]#[N+]c1c(-c2cccc(-c3cccc(-c4nc(-c5ccccc5)nc(-c5ccc(-c6ccc7c(c6)-c6cccc8cccc-7c68)cc5)n4)c3)c2)cccc1-c1cccc(-c2cc3ccccc3c3ccccc23)c1. The topological polar surface area (TPSA) is 43.0 Å². The second-order valence-electron chi connectivity index (χ2n) is 19.0. The third-order valence-corrected chi connectivity index (χ3v) is 14.7. The van der Waals surface area contributed by atoms with Crippen LogP contribution < -0.4 is 0 Å². The van der Waals surface area contributed by atoms with E-state index < -0.39 is 0 Å². The van der Waals surface area contributed by atoms with Crippen LogP contribution in [0.4, 0.5) is 5.69 Å². The van der Waals surface area contributed by atoms with Gasteiger partial charge in [-0.05, 0) is 141 Å². The molecular weight excluding hydrogens is 897 g/mol. The maximum atomic E-state index is 8.56. The molecule has 0 N–H and O–H groups in total. The summed E-state index contributed by atoms with van der Waals surface area (Å²) in [6, 6.07) is 89.8. The minimum atomic E-state index is 0.588. The molecule has 4 nitrogen and oxygen atoms in total. The Morgan fingerprint density at radius 2 is 0.676 bits per heavy atom. The Bertz CT molecular complexity index is 4430. The first kappa shape index (κ1) is 42.8. The number of aromatic nitrogens is 3. The van der Waals surface area contributed by atoms with Crippen molar-refractivity contribution in [3.05, 3.63) is 266 Å². The highest BCUT2D eigenvalue weighted by Crippen LogP contribution is 2.49. The van der Waals surface area contributed by atoms with Crippen molar-refractivity contribution in [2.45, 2.75) is 0 Å². The smallest absolute Gasteiger partial charge is 0.202 e. The van der Waals surface area contributed by atoms with Crippen LogP contribution in [0.25, 0.3) is 149 Å². The van der Waals surface area contributed by atoms with Gasteiger partial charge in [-0.15, -0.1) is 0 Å². The Morgan fingerprint density at radius 3 is 1.36 bits per heavy atom. The molecule has 0 unspecified atom stereocenters. The fourth-order valence-electron chi connectivity index (χ4n) is 11.1. The number of benzene rings is 12. The third-order valence-electron chi connectivity index (χ3n) is 14.7. The first-order chi connectivity index (χ1) is 36.6. The minimum absolute atomic E-state index is 0.588. The summed E-state index contributed by atoms with van der Waals surface area (Å²) in [4.78, 5) is 19.5. The van der Waals surface area contributed by atoms with Gasteiger partial charge in [0.15, 0.2) is 17.5 Å². The van der Waals surface area contributed by atoms with Gasteiger partial charge in [-0.25, -0.2) is 19.8 Å². The minimum Gasteiger partial charge on any atom is -0.237 e. The van der Waals surface area contributed by atoms with Gasteiger partial charge in [-0.3, -0.25) is 0 Å². The van der Waals surface area contributed by atoms with Crippen molar-refractivity contribution in [2.75, 3.05) is 0 Å². The molecular formula is C70H42N4. The number of hydrogen-bond acceptors (Lipinski definition) is 3. The molecule has 1 aliphatic carbocycles. The van der Waals surface area contributed by atoms with Crippen molar-refractivity contribution in [1.29, 1.82) is 0 Å². The number of hydrogen-bond donors (Lipinski definition) is 0. The first-order valence-corrected chi connectivity index (χ1v) is 24.9. The Hall–Kier alpha value is -10.1. The van der Waals surface area contributed by atoms with Crippen molar-refractivity contribution in [3.8, 4) is 112 Å². The monoisotopic (exact) mass is 938 g/mol. The van der Waals surface area contributed by atoms with Gasteiger partial charge in [0, 0.05) is 16.7 Å². The molecule has 1 aliphatic rings. The van der Waals surface area contributed by atoms with Crippen molar-refractivity contribution in [3.63, 3.8) is 0 Å². The van der Waals surface area contributed by atoms with E-state index in [9.17, 15) is 0 Å². The molecule has 14 rings (SSSR count). The van der Waals surface area contributed by atoms with E-state index in [1.165, 1.54) is 60.1 Å². The Kier molecular flexibility index (Phi) is 10.2. The van der Waals surface area contributed by atoms with Crippen LogP contribution in [0.15, 0.2) is 255 Å². The maximum Gasteiger partial charge on any atom is 0.202 e. The van der Waals surface area contributed by atoms with Crippen LogP contribution >= 0.6 is 0 Å². The highest BCUT2D eigenvalue weighted by molar-refractivity contribution is 6.16. The van der Waals surface area contributed by atoms with Gasteiger partial charge in [0.25, 0.3) is 0 Å². The van der Waals surface area contributed by atoms with E-state index in [4.69, 9.17) is 21.5 Å². The largest absolute Gasteiger partial charge is 0.237 e. The molecule has 0 amide bonds. The fourth-order valence-corrected chi connectivity index (χ4v) is 11.1. The number of nitrogens with zero attached hydrogens (tertiary/aromatic N) is 4. The van der Waals surface area contributed by atoms with Crippen LogP contribution in [0.3, 0.4) is 0 Å². The third kappa shape index (κ3) is 7.34. The summed E-state index contributed by atoms with van der Waals surface area (Å²) in [5.74, 6) is 1.80. The van der Waals surface area contributed by atoms with E-state index in [1.807, 2.05) is 30.3 Å². The average Bonchev–Trinajstić information content (AvgIpc) is 3.82. The second kappa shape index (κ2) is 17.6. The van der Waals surface area contributed by atoms with E-state index in [0.717, 1.165) is 66.8 Å². The van der Waals surface area contributed by atoms with Gasteiger partial charge in [0.2, 0.25) is 5.69 Å². The molecule has 1 heterocycles. The van der Waals surface area contributed by atoms with Crippen molar-refractivity contribution in [1.82, 2.24) is 15.0 Å². The summed E-state index contributed by atoms with van der Waals surface area (Å²) in [7, 11) is 0. The Morgan fingerprint density at radius 1 is 0.243 bits per heavy atom. The molecule has 4 heteroatoms. The van der Waals surface area contributed by atoms with E-state index in [-0.39, 0.29) is 0 Å². The normalized spacial score (nSPS) is 11.5. The summed E-state index contributed by atoms with van der Waals surface area (Å²) in [5.41, 5.74) is 18.8. The summed E-state index contributed by atoms with van der Waals surface area (Å²) in [6.45, 7) is 8.56. The van der Waals surface area contributed by atoms with Crippen LogP contribution in [0, 0.1) is 6.57 Å². The predicted octanol–water partition coefficient (Wildman–Crippen LogP) is 18.9. The van der Waals surface area contributed by atoms with Gasteiger partial charge in [0.1, 0.15) is 0 Å². The van der Waals surface area contributed by atoms with Gasteiger partial charge in [-0.1, -0.05) is 224 Å². The molecule has 74 heavy (non-hydrogen) atoms. The zero-order valence-corrected chi connectivity index (χ0v) is 40.0. The lowest BCUT2D eigenvalue weighted by atomic mass is 9.90. The molecule has 13 aromatic rings. The quantitative estimate of drug-likeness (QED) is 0.113. The van der Waals surface area contributed by atoms with Crippen LogP contribution in [0.1, 0.15) is 0 Å². The van der Waals surface area contributed by atoms with Crippen molar-refractivity contribution >= 4 is 38.0 Å². The fraction of sp³-hybridized carbons (Fsp3) is 0. The molecule has 0 radical (unpaired) electrons. The van der Waals surface area contributed by atoms with Crippen molar-refractivity contribution < 1.29 is 0 Å². The average molecular weight is 939 g/mol. The predicted molar refractivity (Wildman–Crippen MR) is 307 cm³/mol. The lowest BCUT2D eigenvalue weighted by Gasteiger charge is -2.14. The second-order valence-corrected chi connectivity index (χ2v) is 19.0. The van der Waals surface area contributed by atoms with E-state index in [2.05, 4.69) is 229 Å². The van der Waals surface area contributed by atoms with Crippen LogP contribution in [0.5, 0.6) is 0 Å². The van der Waals surface area contributed by atoms with Crippen LogP contribution in [-0.4, -0.2) is 15.0 Å². The molecule has 1 aromatic heterocycles. The molecule has 0 saturated heterocycles. The van der Waals surface area contributed by atoms with Crippen molar-refractivity contribution in [2.24, 2.45) is 0 Å². The highest BCUT2D eigenvalue weighted by atomic mass is 15.0. The first-order valence-electron chi connectivity index (χ1n) is 24.9. The molecule has 0 atom stereocenters. The molecule has 12 aromatic carbocycles. The number of fused-ring (bicyclic) bond motifs is 6. The summed E-state index contributed by atoms with van der Waals surface area (Å²) in [6.07, 6.45) is 0. The lowest BCUT2D eigenvalue weighted by Crippen LogP contribution is -2.00. The van der Waals surface area contributed by atoms with Gasteiger partial charge < -0.3 is 0 Å². The van der Waals surface area contributed by atoms with Gasteiger partial charge in [0.05, 0.1) is 6.57 Å². The van der Waals surface area contributed by atoms with E-state index >= 15 is 0 Å². The van der Waals surface area contributed by atoms with Crippen LogP contribution in [0.2, 0.25) is 0 Å². The lowest BCUT2D eigenvalue weighted by molar-refractivity contribution is 1.07. The number of rotatable bonds is 8. The summed E-state index contributed by atoms with van der Waals surface area (Å²) < 4.78 is 0. The van der Waals surface area contributed by atoms with Gasteiger partial charge in [-0.2, -0.15) is 0 Å². The van der Waals surface area contributed by atoms with Gasteiger partial charge >= 0.3 is 0 Å². The molecule has 0 bridgehead atoms. The maximum absolute atomic E-state index is 8.56. The standard InChI is InChI=1S/C70H42N4/c1-71-67-57(29-14-30-58(67)52-23-11-24-53(41-52)64-43-54-17-5-6-26-56(54)59-27-7-8-28-60(59)64)51-22-9-20-48(39-51)49-21-10-25-55(40-49)70-73-68(46-15-3-2-4-16-46)72-69(74-70)47-35-33-44(34-36-47)50-37-38-61-62-31-12-18-45-19-13-32-63(66(45)62)65(61)42-50/h2-43H. The molecule has 0 spiro atoms. The summed E-state index contributed by atoms with van der Waals surface area (Å²) in [5, 5.41) is 7.48. The zero-order chi connectivity index (χ0) is 49.1. The molecule has 0 saturated carbocycles. The highest BCUT2D eigenvalue weighted by Gasteiger charge is 2.22. The molecule has 0 aliphatic heterocycles.